The van der Waals surface area contributed by atoms with Gasteiger partial charge in [-0.2, -0.15) is 4.80 Å². The molecule has 0 amide bonds. The normalized spacial score (nSPS) is 23.1. The minimum Gasteiger partial charge on any atom is -0.312 e. The van der Waals surface area contributed by atoms with Gasteiger partial charge < -0.3 is 15.1 Å². The summed E-state index contributed by atoms with van der Waals surface area (Å²) in [5.74, 6) is 0.825. The van der Waals surface area contributed by atoms with Crippen molar-refractivity contribution in [2.75, 3.05) is 40.3 Å². The van der Waals surface area contributed by atoms with Gasteiger partial charge in [-0.15, -0.1) is 10.2 Å². The molecular formula is C14H29N7. The Labute approximate surface area is 127 Å². The van der Waals surface area contributed by atoms with Gasteiger partial charge in [-0.1, -0.05) is 6.92 Å². The van der Waals surface area contributed by atoms with Gasteiger partial charge in [0.1, 0.15) is 0 Å². The molecule has 1 saturated heterocycles. The SMILES string of the molecule is CCCNC(Cc1nnn(C)n1)C1CN(C)CCCN1C. The van der Waals surface area contributed by atoms with Crippen LogP contribution in [0.5, 0.6) is 0 Å². The molecule has 1 aromatic heterocycles. The summed E-state index contributed by atoms with van der Waals surface area (Å²) in [5.41, 5.74) is 0. The van der Waals surface area contributed by atoms with E-state index in [0.29, 0.717) is 12.1 Å². The summed E-state index contributed by atoms with van der Waals surface area (Å²) < 4.78 is 0. The molecule has 2 atom stereocenters. The van der Waals surface area contributed by atoms with Crippen LogP contribution in [0.15, 0.2) is 0 Å². The van der Waals surface area contributed by atoms with E-state index in [1.165, 1.54) is 17.8 Å². The maximum absolute atomic E-state index is 4.34. The van der Waals surface area contributed by atoms with Crippen molar-refractivity contribution in [2.24, 2.45) is 7.05 Å². The van der Waals surface area contributed by atoms with Crippen LogP contribution in [0.1, 0.15) is 25.6 Å². The summed E-state index contributed by atoms with van der Waals surface area (Å²) in [6, 6.07) is 0.840. The van der Waals surface area contributed by atoms with E-state index in [4.69, 9.17) is 0 Å². The topological polar surface area (TPSA) is 62.1 Å². The monoisotopic (exact) mass is 295 g/mol. The fraction of sp³-hybridized carbons (Fsp3) is 0.929. The van der Waals surface area contributed by atoms with Crippen LogP contribution >= 0.6 is 0 Å². The third-order valence-electron chi connectivity index (χ3n) is 4.19. The molecule has 1 aliphatic rings. The highest BCUT2D eigenvalue weighted by Crippen LogP contribution is 2.13. The maximum Gasteiger partial charge on any atom is 0.176 e. The Morgan fingerprint density at radius 2 is 2.10 bits per heavy atom. The van der Waals surface area contributed by atoms with Gasteiger partial charge in [-0.25, -0.2) is 0 Å². The molecule has 1 N–H and O–H groups in total. The highest BCUT2D eigenvalue weighted by molar-refractivity contribution is 4.94. The Bertz CT molecular complexity index is 419. The lowest BCUT2D eigenvalue weighted by molar-refractivity contribution is 0.176. The maximum atomic E-state index is 4.34. The fourth-order valence-corrected chi connectivity index (χ4v) is 3.02. The molecule has 0 spiro atoms. The van der Waals surface area contributed by atoms with Crippen LogP contribution in [0, 0.1) is 0 Å². The van der Waals surface area contributed by atoms with Gasteiger partial charge in [0.15, 0.2) is 5.82 Å². The van der Waals surface area contributed by atoms with Crippen molar-refractivity contribution in [1.29, 1.82) is 0 Å². The molecule has 1 aliphatic heterocycles. The Kier molecular flexibility index (Phi) is 6.08. The van der Waals surface area contributed by atoms with E-state index in [-0.39, 0.29) is 0 Å². The Morgan fingerprint density at radius 3 is 2.76 bits per heavy atom. The van der Waals surface area contributed by atoms with Gasteiger partial charge in [-0.05, 0) is 51.8 Å². The van der Waals surface area contributed by atoms with Crippen LogP contribution in [0.3, 0.4) is 0 Å². The second-order valence-corrected chi connectivity index (χ2v) is 6.12. The third kappa shape index (κ3) is 4.72. The van der Waals surface area contributed by atoms with Crippen LogP contribution in [-0.4, -0.2) is 82.4 Å². The van der Waals surface area contributed by atoms with E-state index in [9.17, 15) is 0 Å². The first-order valence-corrected chi connectivity index (χ1v) is 7.95. The summed E-state index contributed by atoms with van der Waals surface area (Å²) in [7, 11) is 6.26. The predicted molar refractivity (Wildman–Crippen MR) is 83.1 cm³/mol. The van der Waals surface area contributed by atoms with Crippen molar-refractivity contribution in [1.82, 2.24) is 35.3 Å². The van der Waals surface area contributed by atoms with Gasteiger partial charge in [0.2, 0.25) is 0 Å². The largest absolute Gasteiger partial charge is 0.312 e. The molecule has 1 fully saturated rings. The molecule has 2 rings (SSSR count). The Morgan fingerprint density at radius 1 is 1.29 bits per heavy atom. The molecule has 0 bridgehead atoms. The van der Waals surface area contributed by atoms with Crippen LogP contribution in [-0.2, 0) is 13.5 Å². The lowest BCUT2D eigenvalue weighted by Crippen LogP contribution is -2.53. The van der Waals surface area contributed by atoms with Crippen LogP contribution < -0.4 is 5.32 Å². The van der Waals surface area contributed by atoms with E-state index >= 15 is 0 Å². The smallest absolute Gasteiger partial charge is 0.176 e. The number of aromatic nitrogens is 4. The average molecular weight is 295 g/mol. The zero-order chi connectivity index (χ0) is 15.2. The van der Waals surface area contributed by atoms with Crippen molar-refractivity contribution in [3.63, 3.8) is 0 Å². The molecule has 1 aromatic rings. The molecule has 7 nitrogen and oxygen atoms in total. The highest BCUT2D eigenvalue weighted by Gasteiger charge is 2.29. The average Bonchev–Trinajstić information content (AvgIpc) is 2.78. The Balaban J connectivity index is 2.08. The van der Waals surface area contributed by atoms with Crippen molar-refractivity contribution in [3.05, 3.63) is 5.82 Å². The molecule has 0 aliphatic carbocycles. The van der Waals surface area contributed by atoms with Gasteiger partial charge in [0, 0.05) is 25.0 Å². The first-order valence-electron chi connectivity index (χ1n) is 7.95. The summed E-state index contributed by atoms with van der Waals surface area (Å²) in [4.78, 5) is 6.45. The number of hydrogen-bond acceptors (Lipinski definition) is 6. The minimum absolute atomic E-state index is 0.361. The minimum atomic E-state index is 0.361. The zero-order valence-corrected chi connectivity index (χ0v) is 13.8. The van der Waals surface area contributed by atoms with E-state index in [0.717, 1.165) is 38.3 Å². The second kappa shape index (κ2) is 7.82. The van der Waals surface area contributed by atoms with Gasteiger partial charge in [0.25, 0.3) is 0 Å². The van der Waals surface area contributed by atoms with Gasteiger partial charge in [0.05, 0.1) is 7.05 Å². The molecule has 120 valence electrons. The molecule has 21 heavy (non-hydrogen) atoms. The lowest BCUT2D eigenvalue weighted by Gasteiger charge is -2.34. The number of likely N-dealkylation sites (N-methyl/N-ethyl adjacent to an activating group) is 2. The molecule has 2 heterocycles. The van der Waals surface area contributed by atoms with Crippen LogP contribution in [0.2, 0.25) is 0 Å². The van der Waals surface area contributed by atoms with E-state index in [1.54, 1.807) is 0 Å². The van der Waals surface area contributed by atoms with E-state index in [1.807, 2.05) is 7.05 Å². The van der Waals surface area contributed by atoms with Crippen molar-refractivity contribution < 1.29 is 0 Å². The summed E-state index contributed by atoms with van der Waals surface area (Å²) in [6.07, 6.45) is 3.20. The quantitative estimate of drug-likeness (QED) is 0.781. The number of nitrogens with one attached hydrogen (secondary N) is 1. The molecule has 0 radical (unpaired) electrons. The summed E-state index contributed by atoms with van der Waals surface area (Å²) in [5, 5.41) is 16.1. The standard InChI is InChI=1S/C14H29N7/c1-5-7-15-12(10-14-16-18-21(4)17-14)13-11-19(2)8-6-9-20(13)3/h12-13,15H,5-11H2,1-4H3. The number of rotatable bonds is 6. The fourth-order valence-electron chi connectivity index (χ4n) is 3.02. The number of aryl methyl sites for hydroxylation is 1. The third-order valence-corrected chi connectivity index (χ3v) is 4.19. The summed E-state index contributed by atoms with van der Waals surface area (Å²) >= 11 is 0. The molecule has 0 saturated carbocycles. The van der Waals surface area contributed by atoms with Crippen LogP contribution in [0.4, 0.5) is 0 Å². The molecule has 2 unspecified atom stereocenters. The number of tetrazole rings is 1. The molecule has 0 aromatic carbocycles. The van der Waals surface area contributed by atoms with Gasteiger partial charge in [-0.3, -0.25) is 0 Å². The predicted octanol–water partition coefficient (Wildman–Crippen LogP) is -0.243. The summed E-state index contributed by atoms with van der Waals surface area (Å²) in [6.45, 7) is 6.63. The Hall–Kier alpha value is -1.05. The first kappa shape index (κ1) is 16.3. The van der Waals surface area contributed by atoms with E-state index in [2.05, 4.69) is 51.5 Å². The second-order valence-electron chi connectivity index (χ2n) is 6.12. The number of hydrogen-bond donors (Lipinski definition) is 1. The van der Waals surface area contributed by atoms with E-state index < -0.39 is 0 Å². The molecule has 7 heteroatoms. The molecular weight excluding hydrogens is 266 g/mol. The highest BCUT2D eigenvalue weighted by atomic mass is 15.6. The number of nitrogens with zero attached hydrogens (tertiary/aromatic N) is 6. The van der Waals surface area contributed by atoms with Crippen molar-refractivity contribution in [3.8, 4) is 0 Å². The zero-order valence-electron chi connectivity index (χ0n) is 13.8. The van der Waals surface area contributed by atoms with Crippen molar-refractivity contribution in [2.45, 2.75) is 38.3 Å². The van der Waals surface area contributed by atoms with Crippen LogP contribution in [0.25, 0.3) is 0 Å². The van der Waals surface area contributed by atoms with Crippen molar-refractivity contribution >= 4 is 0 Å². The lowest BCUT2D eigenvalue weighted by atomic mass is 10.0. The first-order chi connectivity index (χ1) is 10.1. The van der Waals surface area contributed by atoms with Gasteiger partial charge >= 0.3 is 0 Å².